The molecule has 23 heavy (non-hydrogen) atoms. The van der Waals surface area contributed by atoms with Gasteiger partial charge in [0.05, 0.1) is 11.0 Å². The predicted octanol–water partition coefficient (Wildman–Crippen LogP) is 2.89. The van der Waals surface area contributed by atoms with E-state index in [1.807, 2.05) is 37.3 Å². The highest BCUT2D eigenvalue weighted by atomic mass is 16.6. The van der Waals surface area contributed by atoms with Gasteiger partial charge in [0, 0.05) is 12.6 Å². The summed E-state index contributed by atoms with van der Waals surface area (Å²) in [6, 6.07) is 15.6. The molecule has 1 N–H and O–H groups in total. The topological polar surface area (TPSA) is 81.5 Å². The number of carbonyl (C=O) groups excluding carboxylic acids is 1. The van der Waals surface area contributed by atoms with E-state index in [4.69, 9.17) is 4.74 Å². The first kappa shape index (κ1) is 16.5. The third-order valence-corrected chi connectivity index (χ3v) is 3.37. The van der Waals surface area contributed by atoms with Crippen molar-refractivity contribution in [2.45, 2.75) is 12.8 Å². The van der Waals surface area contributed by atoms with Gasteiger partial charge in [-0.05, 0) is 17.5 Å². The van der Waals surface area contributed by atoms with Crippen molar-refractivity contribution in [1.82, 2.24) is 5.32 Å². The molecule has 120 valence electrons. The molecule has 0 spiro atoms. The second-order valence-corrected chi connectivity index (χ2v) is 5.16. The van der Waals surface area contributed by atoms with Gasteiger partial charge in [-0.25, -0.2) is 0 Å². The molecular weight excluding hydrogens is 296 g/mol. The molecule has 6 heteroatoms. The average Bonchev–Trinajstić information content (AvgIpc) is 2.58. The molecule has 0 aliphatic rings. The summed E-state index contributed by atoms with van der Waals surface area (Å²) in [7, 11) is 0. The molecule has 0 heterocycles. The Morgan fingerprint density at radius 2 is 1.96 bits per heavy atom. The fourth-order valence-electron chi connectivity index (χ4n) is 2.05. The van der Waals surface area contributed by atoms with Crippen LogP contribution in [0.15, 0.2) is 54.6 Å². The predicted molar refractivity (Wildman–Crippen MR) is 86.5 cm³/mol. The lowest BCUT2D eigenvalue weighted by molar-refractivity contribution is -0.384. The molecule has 0 aliphatic heterocycles. The van der Waals surface area contributed by atoms with Crippen LogP contribution in [-0.2, 0) is 4.79 Å². The lowest BCUT2D eigenvalue weighted by Crippen LogP contribution is -2.31. The van der Waals surface area contributed by atoms with Crippen LogP contribution in [0.25, 0.3) is 0 Å². The summed E-state index contributed by atoms with van der Waals surface area (Å²) in [6.45, 7) is 2.35. The molecule has 0 saturated heterocycles. The zero-order chi connectivity index (χ0) is 16.7. The minimum Gasteiger partial charge on any atom is -0.484 e. The van der Waals surface area contributed by atoms with Gasteiger partial charge in [-0.2, -0.15) is 0 Å². The summed E-state index contributed by atoms with van der Waals surface area (Å²) in [4.78, 5) is 22.0. The highest BCUT2D eigenvalue weighted by molar-refractivity contribution is 5.77. The molecule has 0 bridgehead atoms. The fraction of sp³-hybridized carbons (Fsp3) is 0.235. The number of benzene rings is 2. The Kier molecular flexibility index (Phi) is 5.68. The van der Waals surface area contributed by atoms with Crippen molar-refractivity contribution in [2.24, 2.45) is 0 Å². The monoisotopic (exact) mass is 314 g/mol. The second kappa shape index (κ2) is 7.93. The van der Waals surface area contributed by atoms with Crippen LogP contribution in [0.1, 0.15) is 18.4 Å². The van der Waals surface area contributed by atoms with Crippen LogP contribution in [0.3, 0.4) is 0 Å². The average molecular weight is 314 g/mol. The first-order valence-corrected chi connectivity index (χ1v) is 7.25. The van der Waals surface area contributed by atoms with Gasteiger partial charge in [-0.15, -0.1) is 0 Å². The Morgan fingerprint density at radius 1 is 1.22 bits per heavy atom. The number of nitrogens with zero attached hydrogens (tertiary/aromatic N) is 1. The number of amides is 1. The van der Waals surface area contributed by atoms with E-state index in [2.05, 4.69) is 5.32 Å². The molecule has 0 aliphatic carbocycles. The number of nitrogens with one attached hydrogen (secondary N) is 1. The molecule has 2 aromatic rings. The van der Waals surface area contributed by atoms with Crippen LogP contribution in [0.4, 0.5) is 5.69 Å². The third-order valence-electron chi connectivity index (χ3n) is 3.37. The van der Waals surface area contributed by atoms with Crippen molar-refractivity contribution in [1.29, 1.82) is 0 Å². The van der Waals surface area contributed by atoms with Gasteiger partial charge in [-0.1, -0.05) is 43.3 Å². The van der Waals surface area contributed by atoms with E-state index in [0.29, 0.717) is 12.3 Å². The van der Waals surface area contributed by atoms with Crippen molar-refractivity contribution >= 4 is 11.6 Å². The first-order valence-electron chi connectivity index (χ1n) is 7.25. The molecule has 0 unspecified atom stereocenters. The molecule has 1 atom stereocenters. The maximum atomic E-state index is 11.8. The van der Waals surface area contributed by atoms with Gasteiger partial charge in [0.1, 0.15) is 5.75 Å². The number of hydrogen-bond acceptors (Lipinski definition) is 4. The molecule has 6 nitrogen and oxygen atoms in total. The number of rotatable bonds is 7. The van der Waals surface area contributed by atoms with Gasteiger partial charge < -0.3 is 10.1 Å². The van der Waals surface area contributed by atoms with Crippen LogP contribution in [0, 0.1) is 10.1 Å². The molecule has 0 radical (unpaired) electrons. The van der Waals surface area contributed by atoms with Crippen LogP contribution < -0.4 is 10.1 Å². The van der Waals surface area contributed by atoms with E-state index in [1.165, 1.54) is 18.2 Å². The van der Waals surface area contributed by atoms with Crippen molar-refractivity contribution in [3.63, 3.8) is 0 Å². The van der Waals surface area contributed by atoms with Gasteiger partial charge in [0.2, 0.25) is 0 Å². The Balaban J connectivity index is 1.79. The quantitative estimate of drug-likeness (QED) is 0.629. The van der Waals surface area contributed by atoms with Crippen molar-refractivity contribution < 1.29 is 14.5 Å². The Bertz CT molecular complexity index is 673. The van der Waals surface area contributed by atoms with Gasteiger partial charge in [-0.3, -0.25) is 14.9 Å². The number of nitro groups is 1. The Labute approximate surface area is 134 Å². The highest BCUT2D eigenvalue weighted by Crippen LogP contribution is 2.19. The maximum Gasteiger partial charge on any atom is 0.273 e. The first-order chi connectivity index (χ1) is 11.1. The van der Waals surface area contributed by atoms with Crippen LogP contribution in [0.5, 0.6) is 5.75 Å². The lowest BCUT2D eigenvalue weighted by Gasteiger charge is -2.13. The van der Waals surface area contributed by atoms with Crippen molar-refractivity contribution in [2.75, 3.05) is 13.2 Å². The maximum absolute atomic E-state index is 11.8. The number of non-ortho nitro benzene ring substituents is 1. The molecule has 0 fully saturated rings. The van der Waals surface area contributed by atoms with Crippen molar-refractivity contribution in [3.05, 3.63) is 70.3 Å². The molecular formula is C17H18N2O4. The summed E-state index contributed by atoms with van der Waals surface area (Å²) < 4.78 is 5.28. The molecule has 1 amide bonds. The zero-order valence-electron chi connectivity index (χ0n) is 12.8. The number of hydrogen-bond donors (Lipinski definition) is 1. The third kappa shape index (κ3) is 5.10. The molecule has 0 saturated carbocycles. The number of nitro benzene ring substituents is 1. The Hall–Kier alpha value is -2.89. The Morgan fingerprint density at radius 3 is 2.65 bits per heavy atom. The fourth-order valence-corrected chi connectivity index (χ4v) is 2.05. The van der Waals surface area contributed by atoms with Crippen LogP contribution in [-0.4, -0.2) is 24.0 Å². The van der Waals surface area contributed by atoms with Crippen LogP contribution in [0.2, 0.25) is 0 Å². The summed E-state index contributed by atoms with van der Waals surface area (Å²) in [5.41, 5.74) is 1.08. The van der Waals surface area contributed by atoms with Gasteiger partial charge in [0.15, 0.2) is 6.61 Å². The summed E-state index contributed by atoms with van der Waals surface area (Å²) in [5.74, 6) is 0.225. The van der Waals surface area contributed by atoms with Crippen LogP contribution >= 0.6 is 0 Å². The summed E-state index contributed by atoms with van der Waals surface area (Å²) in [6.07, 6.45) is 0. The minimum atomic E-state index is -0.505. The SMILES string of the molecule is C[C@@H](CNC(=O)COc1cccc([N+](=O)[O-])c1)c1ccccc1. The smallest absolute Gasteiger partial charge is 0.273 e. The van der Waals surface area contributed by atoms with Gasteiger partial charge in [0.25, 0.3) is 11.6 Å². The standard InChI is InChI=1S/C17H18N2O4/c1-13(14-6-3-2-4-7-14)11-18-17(20)12-23-16-9-5-8-15(10-16)19(21)22/h2-10,13H,11-12H2,1H3,(H,18,20)/t13-/m0/s1. The van der Waals surface area contributed by atoms with E-state index in [0.717, 1.165) is 5.56 Å². The van der Waals surface area contributed by atoms with E-state index < -0.39 is 4.92 Å². The molecule has 0 aromatic heterocycles. The lowest BCUT2D eigenvalue weighted by atomic mass is 10.0. The number of carbonyl (C=O) groups is 1. The van der Waals surface area contributed by atoms with E-state index >= 15 is 0 Å². The van der Waals surface area contributed by atoms with Gasteiger partial charge >= 0.3 is 0 Å². The highest BCUT2D eigenvalue weighted by Gasteiger charge is 2.10. The summed E-state index contributed by atoms with van der Waals surface area (Å²) >= 11 is 0. The van der Waals surface area contributed by atoms with E-state index in [-0.39, 0.29) is 24.1 Å². The molecule has 2 aromatic carbocycles. The normalized spacial score (nSPS) is 11.5. The zero-order valence-corrected chi connectivity index (χ0v) is 12.8. The summed E-state index contributed by atoms with van der Waals surface area (Å²) in [5, 5.41) is 13.5. The van der Waals surface area contributed by atoms with Crippen molar-refractivity contribution in [3.8, 4) is 5.75 Å². The largest absolute Gasteiger partial charge is 0.484 e. The van der Waals surface area contributed by atoms with E-state index in [9.17, 15) is 14.9 Å². The van der Waals surface area contributed by atoms with E-state index in [1.54, 1.807) is 6.07 Å². The molecule has 2 rings (SSSR count). The second-order valence-electron chi connectivity index (χ2n) is 5.16. The minimum absolute atomic E-state index is 0.0689. The number of ether oxygens (including phenoxy) is 1.